The van der Waals surface area contributed by atoms with E-state index >= 15 is 0 Å². The van der Waals surface area contributed by atoms with Crippen LogP contribution in [0.3, 0.4) is 0 Å². The molecule has 3 aliphatic rings. The van der Waals surface area contributed by atoms with Crippen LogP contribution in [0.2, 0.25) is 0 Å². The molecule has 3 fully saturated rings. The Labute approximate surface area is 127 Å². The van der Waals surface area contributed by atoms with Crippen molar-refractivity contribution in [3.8, 4) is 0 Å². The van der Waals surface area contributed by atoms with Gasteiger partial charge in [0.2, 0.25) is 0 Å². The topological polar surface area (TPSA) is 55.8 Å². The number of aliphatic carboxylic acids is 1. The Kier molecular flexibility index (Phi) is 4.26. The van der Waals surface area contributed by atoms with E-state index in [4.69, 9.17) is 0 Å². The third kappa shape index (κ3) is 3.41. The standard InChI is InChI=1S/C16H29N3O2/c1-12(10-16(2,15(20)21)17-13-5-6-13)19-9-8-18-7-3-4-14(18)11-19/h12-14,17H,3-11H2,1-2H3,(H,20,21). The first-order valence-corrected chi connectivity index (χ1v) is 8.47. The predicted octanol–water partition coefficient (Wildman–Crippen LogP) is 1.14. The number of rotatable bonds is 6. The summed E-state index contributed by atoms with van der Waals surface area (Å²) in [7, 11) is 0. The van der Waals surface area contributed by atoms with Gasteiger partial charge in [0.05, 0.1) is 0 Å². The first-order chi connectivity index (χ1) is 9.98. The molecular weight excluding hydrogens is 266 g/mol. The first-order valence-electron chi connectivity index (χ1n) is 8.47. The molecule has 120 valence electrons. The van der Waals surface area contributed by atoms with Crippen LogP contribution in [0.5, 0.6) is 0 Å². The minimum absolute atomic E-state index is 0.320. The van der Waals surface area contributed by atoms with Gasteiger partial charge < -0.3 is 5.11 Å². The molecule has 2 N–H and O–H groups in total. The predicted molar refractivity (Wildman–Crippen MR) is 82.4 cm³/mol. The van der Waals surface area contributed by atoms with E-state index in [0.29, 0.717) is 24.5 Å². The Balaban J connectivity index is 1.58. The first kappa shape index (κ1) is 15.3. The lowest BCUT2D eigenvalue weighted by atomic mass is 9.92. The maximum Gasteiger partial charge on any atom is 0.323 e. The molecule has 1 aliphatic carbocycles. The zero-order valence-corrected chi connectivity index (χ0v) is 13.3. The van der Waals surface area contributed by atoms with Gasteiger partial charge in [-0.15, -0.1) is 0 Å². The quantitative estimate of drug-likeness (QED) is 0.769. The largest absolute Gasteiger partial charge is 0.480 e. The van der Waals surface area contributed by atoms with Crippen molar-refractivity contribution < 1.29 is 9.90 Å². The third-order valence-corrected chi connectivity index (χ3v) is 5.52. The minimum Gasteiger partial charge on any atom is -0.480 e. The molecule has 0 aromatic carbocycles. The number of fused-ring (bicyclic) bond motifs is 1. The van der Waals surface area contributed by atoms with Gasteiger partial charge in [-0.25, -0.2) is 0 Å². The van der Waals surface area contributed by atoms with Crippen LogP contribution in [0, 0.1) is 0 Å². The van der Waals surface area contributed by atoms with Crippen molar-refractivity contribution in [1.82, 2.24) is 15.1 Å². The van der Waals surface area contributed by atoms with E-state index in [2.05, 4.69) is 22.0 Å². The Morgan fingerprint density at radius 3 is 2.76 bits per heavy atom. The van der Waals surface area contributed by atoms with E-state index in [1.54, 1.807) is 0 Å². The van der Waals surface area contributed by atoms with Crippen molar-refractivity contribution in [1.29, 1.82) is 0 Å². The second kappa shape index (κ2) is 5.86. The molecule has 3 atom stereocenters. The molecule has 5 heteroatoms. The van der Waals surface area contributed by atoms with Crippen molar-refractivity contribution >= 4 is 5.97 Å². The molecular formula is C16H29N3O2. The fourth-order valence-corrected chi connectivity index (χ4v) is 4.02. The molecule has 0 bridgehead atoms. The smallest absolute Gasteiger partial charge is 0.323 e. The number of carboxylic acid groups (broad SMARTS) is 1. The molecule has 3 unspecified atom stereocenters. The van der Waals surface area contributed by atoms with Crippen LogP contribution < -0.4 is 5.32 Å². The molecule has 5 nitrogen and oxygen atoms in total. The number of piperazine rings is 1. The fraction of sp³-hybridized carbons (Fsp3) is 0.938. The lowest BCUT2D eigenvalue weighted by Gasteiger charge is -2.42. The molecule has 1 saturated carbocycles. The Hall–Kier alpha value is -0.650. The number of nitrogens with one attached hydrogen (secondary N) is 1. The zero-order chi connectivity index (χ0) is 15.0. The number of hydrogen-bond donors (Lipinski definition) is 2. The van der Waals surface area contributed by atoms with Crippen LogP contribution in [0.15, 0.2) is 0 Å². The highest BCUT2D eigenvalue weighted by molar-refractivity contribution is 5.78. The van der Waals surface area contributed by atoms with Crippen LogP contribution >= 0.6 is 0 Å². The van der Waals surface area contributed by atoms with Gasteiger partial charge in [-0.3, -0.25) is 19.9 Å². The van der Waals surface area contributed by atoms with Crippen LogP contribution in [0.4, 0.5) is 0 Å². The monoisotopic (exact) mass is 295 g/mol. The maximum atomic E-state index is 11.7. The van der Waals surface area contributed by atoms with E-state index in [1.807, 2.05) is 6.92 Å². The van der Waals surface area contributed by atoms with E-state index in [-0.39, 0.29) is 0 Å². The van der Waals surface area contributed by atoms with Crippen molar-refractivity contribution in [3.05, 3.63) is 0 Å². The number of nitrogens with zero attached hydrogens (tertiary/aromatic N) is 2. The highest BCUT2D eigenvalue weighted by Gasteiger charge is 2.41. The Morgan fingerprint density at radius 1 is 1.33 bits per heavy atom. The van der Waals surface area contributed by atoms with E-state index in [1.165, 1.54) is 19.4 Å². The molecule has 0 aromatic rings. The Bertz CT molecular complexity index is 399. The SMILES string of the molecule is CC(CC(C)(NC1CC1)C(=O)O)N1CCN2CCCC2C1. The summed E-state index contributed by atoms with van der Waals surface area (Å²) in [5, 5.41) is 13.0. The van der Waals surface area contributed by atoms with Gasteiger partial charge in [0.15, 0.2) is 0 Å². The average molecular weight is 295 g/mol. The van der Waals surface area contributed by atoms with Crippen molar-refractivity contribution in [3.63, 3.8) is 0 Å². The Morgan fingerprint density at radius 2 is 2.10 bits per heavy atom. The van der Waals surface area contributed by atoms with Gasteiger partial charge in [-0.2, -0.15) is 0 Å². The van der Waals surface area contributed by atoms with Gasteiger partial charge in [-0.1, -0.05) is 0 Å². The van der Waals surface area contributed by atoms with E-state index in [9.17, 15) is 9.90 Å². The summed E-state index contributed by atoms with van der Waals surface area (Å²) < 4.78 is 0. The van der Waals surface area contributed by atoms with Crippen molar-refractivity contribution in [2.45, 2.75) is 69.6 Å². The minimum atomic E-state index is -0.784. The zero-order valence-electron chi connectivity index (χ0n) is 13.3. The van der Waals surface area contributed by atoms with Gasteiger partial charge in [-0.05, 0) is 52.5 Å². The summed E-state index contributed by atoms with van der Waals surface area (Å²) in [6, 6.07) is 1.44. The molecule has 0 spiro atoms. The highest BCUT2D eigenvalue weighted by atomic mass is 16.4. The van der Waals surface area contributed by atoms with Gasteiger partial charge >= 0.3 is 5.97 Å². The van der Waals surface area contributed by atoms with Crippen LogP contribution in [-0.4, -0.2) is 70.7 Å². The molecule has 2 aliphatic heterocycles. The summed E-state index contributed by atoms with van der Waals surface area (Å²) in [6.07, 6.45) is 5.56. The molecule has 2 saturated heterocycles. The van der Waals surface area contributed by atoms with E-state index < -0.39 is 11.5 Å². The number of hydrogen-bond acceptors (Lipinski definition) is 4. The molecule has 2 heterocycles. The summed E-state index contributed by atoms with van der Waals surface area (Å²) in [6.45, 7) is 8.64. The summed E-state index contributed by atoms with van der Waals surface area (Å²) in [5.41, 5.74) is -0.784. The highest BCUT2D eigenvalue weighted by Crippen LogP contribution is 2.28. The fourth-order valence-electron chi connectivity index (χ4n) is 4.02. The molecule has 0 radical (unpaired) electrons. The van der Waals surface area contributed by atoms with Crippen LogP contribution in [0.25, 0.3) is 0 Å². The number of carbonyl (C=O) groups is 1. The summed E-state index contributed by atoms with van der Waals surface area (Å²) in [4.78, 5) is 16.8. The van der Waals surface area contributed by atoms with Gasteiger partial charge in [0.25, 0.3) is 0 Å². The van der Waals surface area contributed by atoms with Gasteiger partial charge in [0, 0.05) is 37.8 Å². The van der Waals surface area contributed by atoms with Crippen LogP contribution in [0.1, 0.15) is 46.0 Å². The lowest BCUT2D eigenvalue weighted by Crippen LogP contribution is -2.57. The van der Waals surface area contributed by atoms with E-state index in [0.717, 1.165) is 32.5 Å². The summed E-state index contributed by atoms with van der Waals surface area (Å²) in [5.74, 6) is -0.708. The van der Waals surface area contributed by atoms with Crippen molar-refractivity contribution in [2.75, 3.05) is 26.2 Å². The lowest BCUT2D eigenvalue weighted by molar-refractivity contribution is -0.145. The maximum absolute atomic E-state index is 11.7. The number of carboxylic acids is 1. The van der Waals surface area contributed by atoms with Crippen LogP contribution in [-0.2, 0) is 4.79 Å². The summed E-state index contributed by atoms with van der Waals surface area (Å²) >= 11 is 0. The second-order valence-corrected chi connectivity index (χ2v) is 7.44. The van der Waals surface area contributed by atoms with Gasteiger partial charge in [0.1, 0.15) is 5.54 Å². The third-order valence-electron chi connectivity index (χ3n) is 5.52. The van der Waals surface area contributed by atoms with Crippen molar-refractivity contribution in [2.24, 2.45) is 0 Å². The normalized spacial score (nSPS) is 31.6. The molecule has 0 aromatic heterocycles. The second-order valence-electron chi connectivity index (χ2n) is 7.44. The molecule has 3 rings (SSSR count). The molecule has 21 heavy (non-hydrogen) atoms. The molecule has 0 amide bonds. The average Bonchev–Trinajstić information content (AvgIpc) is 3.11.